The third-order valence-corrected chi connectivity index (χ3v) is 1.91. The topological polar surface area (TPSA) is 70.6 Å². The largest absolute Gasteiger partial charge is 0.411 e. The van der Waals surface area contributed by atoms with Crippen LogP contribution in [0.25, 0.3) is 0 Å². The lowest BCUT2D eigenvalue weighted by Crippen LogP contribution is -2.43. The van der Waals surface area contributed by atoms with E-state index in [0.717, 1.165) is 31.4 Å². The van der Waals surface area contributed by atoms with Crippen molar-refractivity contribution in [1.82, 2.24) is 5.43 Å². The van der Waals surface area contributed by atoms with Gasteiger partial charge in [-0.3, -0.25) is 11.3 Å². The molecule has 0 saturated heterocycles. The molecule has 0 amide bonds. The number of nitrogens with two attached hydrogens (primary N) is 1. The molecular formula is C6H13N3O. The molecule has 58 valence electrons. The molecule has 0 aliphatic heterocycles. The summed E-state index contributed by atoms with van der Waals surface area (Å²) in [6.07, 6.45) is 4.12. The molecule has 1 rings (SSSR count). The van der Waals surface area contributed by atoms with Crippen molar-refractivity contribution in [2.45, 2.75) is 31.7 Å². The van der Waals surface area contributed by atoms with Gasteiger partial charge < -0.3 is 5.21 Å². The fraction of sp³-hybridized carbons (Fsp3) is 0.833. The lowest BCUT2D eigenvalue weighted by molar-refractivity contribution is 0.310. The van der Waals surface area contributed by atoms with Crippen molar-refractivity contribution in [3.05, 3.63) is 0 Å². The zero-order chi connectivity index (χ0) is 7.40. The number of hydrazine groups is 1. The number of hydrogen-bond acceptors (Lipinski definition) is 4. The Bertz CT molecular complexity index is 135. The molecule has 4 N–H and O–H groups in total. The van der Waals surface area contributed by atoms with E-state index in [0.29, 0.717) is 0 Å². The molecule has 0 aromatic heterocycles. The number of hydrogen-bond donors (Lipinski definition) is 3. The Hall–Kier alpha value is -0.610. The van der Waals surface area contributed by atoms with Gasteiger partial charge in [0, 0.05) is 0 Å². The second-order valence-electron chi connectivity index (χ2n) is 2.56. The monoisotopic (exact) mass is 143 g/mol. The van der Waals surface area contributed by atoms with Gasteiger partial charge in [-0.25, -0.2) is 0 Å². The first-order valence-electron chi connectivity index (χ1n) is 3.55. The van der Waals surface area contributed by atoms with Crippen LogP contribution in [0, 0.1) is 0 Å². The summed E-state index contributed by atoms with van der Waals surface area (Å²) in [5, 5.41) is 11.7. The Kier molecular flexibility index (Phi) is 2.65. The highest BCUT2D eigenvalue weighted by Crippen LogP contribution is 2.14. The standard InChI is InChI=1S/C6H13N3O/c7-8-5-3-1-2-4-6(5)9-10/h5,8,10H,1-4,7H2. The van der Waals surface area contributed by atoms with E-state index < -0.39 is 0 Å². The van der Waals surface area contributed by atoms with Gasteiger partial charge >= 0.3 is 0 Å². The van der Waals surface area contributed by atoms with Crippen LogP contribution in [0.2, 0.25) is 0 Å². The maximum atomic E-state index is 8.48. The van der Waals surface area contributed by atoms with Crippen LogP contribution in [0.1, 0.15) is 25.7 Å². The Morgan fingerprint density at radius 2 is 2.40 bits per heavy atom. The van der Waals surface area contributed by atoms with Crippen molar-refractivity contribution >= 4 is 5.71 Å². The summed E-state index contributed by atoms with van der Waals surface area (Å²) in [5.74, 6) is 5.23. The maximum Gasteiger partial charge on any atom is 0.0753 e. The van der Waals surface area contributed by atoms with Gasteiger partial charge in [-0.15, -0.1) is 0 Å². The minimum absolute atomic E-state index is 0.0961. The van der Waals surface area contributed by atoms with Gasteiger partial charge in [0.05, 0.1) is 11.8 Å². The van der Waals surface area contributed by atoms with Crippen LogP contribution in [0.15, 0.2) is 5.16 Å². The van der Waals surface area contributed by atoms with Gasteiger partial charge in [-0.2, -0.15) is 0 Å². The number of nitrogens with one attached hydrogen (secondary N) is 1. The average molecular weight is 143 g/mol. The molecule has 10 heavy (non-hydrogen) atoms. The van der Waals surface area contributed by atoms with E-state index in [1.807, 2.05) is 0 Å². The van der Waals surface area contributed by atoms with E-state index in [1.165, 1.54) is 0 Å². The SMILES string of the molecule is NNC1CCCCC1=NO. The summed E-state index contributed by atoms with van der Waals surface area (Å²) in [5.41, 5.74) is 3.40. The molecule has 0 spiro atoms. The second kappa shape index (κ2) is 3.53. The molecule has 0 radical (unpaired) electrons. The van der Waals surface area contributed by atoms with Gasteiger partial charge in [0.1, 0.15) is 0 Å². The van der Waals surface area contributed by atoms with Crippen molar-refractivity contribution in [2.75, 3.05) is 0 Å². The van der Waals surface area contributed by atoms with E-state index in [4.69, 9.17) is 11.0 Å². The molecule has 1 fully saturated rings. The van der Waals surface area contributed by atoms with Crippen molar-refractivity contribution in [3.63, 3.8) is 0 Å². The average Bonchev–Trinajstić information content (AvgIpc) is 2.04. The molecule has 1 saturated carbocycles. The summed E-state index contributed by atoms with van der Waals surface area (Å²) in [7, 11) is 0. The van der Waals surface area contributed by atoms with E-state index in [9.17, 15) is 0 Å². The minimum Gasteiger partial charge on any atom is -0.411 e. The molecule has 1 unspecified atom stereocenters. The molecule has 0 aromatic rings. The molecule has 1 atom stereocenters. The first-order valence-corrected chi connectivity index (χ1v) is 3.55. The van der Waals surface area contributed by atoms with Gasteiger partial charge in [-0.05, 0) is 19.3 Å². The van der Waals surface area contributed by atoms with E-state index in [1.54, 1.807) is 0 Å². The molecule has 1 aliphatic rings. The fourth-order valence-electron chi connectivity index (χ4n) is 1.29. The summed E-state index contributed by atoms with van der Waals surface area (Å²) in [6.45, 7) is 0. The molecule has 1 aliphatic carbocycles. The minimum atomic E-state index is 0.0961. The molecule has 4 heteroatoms. The zero-order valence-corrected chi connectivity index (χ0v) is 5.88. The second-order valence-corrected chi connectivity index (χ2v) is 2.56. The van der Waals surface area contributed by atoms with Crippen LogP contribution >= 0.6 is 0 Å². The zero-order valence-electron chi connectivity index (χ0n) is 5.88. The molecule has 0 heterocycles. The van der Waals surface area contributed by atoms with Crippen LogP contribution in [0.5, 0.6) is 0 Å². The lowest BCUT2D eigenvalue weighted by Gasteiger charge is -2.21. The molecule has 4 nitrogen and oxygen atoms in total. The van der Waals surface area contributed by atoms with Gasteiger partial charge in [0.25, 0.3) is 0 Å². The van der Waals surface area contributed by atoms with Crippen molar-refractivity contribution in [1.29, 1.82) is 0 Å². The Balaban J connectivity index is 2.50. The van der Waals surface area contributed by atoms with E-state index >= 15 is 0 Å². The maximum absolute atomic E-state index is 8.48. The fourth-order valence-corrected chi connectivity index (χ4v) is 1.29. The third kappa shape index (κ3) is 1.46. The van der Waals surface area contributed by atoms with Crippen LogP contribution < -0.4 is 11.3 Å². The summed E-state index contributed by atoms with van der Waals surface area (Å²) in [6, 6.07) is 0.0961. The van der Waals surface area contributed by atoms with Crippen LogP contribution in [-0.2, 0) is 0 Å². The van der Waals surface area contributed by atoms with Gasteiger partial charge in [-0.1, -0.05) is 11.6 Å². The van der Waals surface area contributed by atoms with Gasteiger partial charge in [0.2, 0.25) is 0 Å². The highest BCUT2D eigenvalue weighted by Gasteiger charge is 2.18. The van der Waals surface area contributed by atoms with Crippen LogP contribution in [0.3, 0.4) is 0 Å². The normalized spacial score (nSPS) is 30.9. The lowest BCUT2D eigenvalue weighted by atomic mass is 9.94. The summed E-state index contributed by atoms with van der Waals surface area (Å²) in [4.78, 5) is 0. The first-order chi connectivity index (χ1) is 4.88. The molecular weight excluding hydrogens is 130 g/mol. The van der Waals surface area contributed by atoms with Crippen LogP contribution in [-0.4, -0.2) is 17.0 Å². The number of nitrogens with zero attached hydrogens (tertiary/aromatic N) is 1. The van der Waals surface area contributed by atoms with E-state index in [-0.39, 0.29) is 6.04 Å². The van der Waals surface area contributed by atoms with Gasteiger partial charge in [0.15, 0.2) is 0 Å². The Morgan fingerprint density at radius 1 is 1.60 bits per heavy atom. The first kappa shape index (κ1) is 7.50. The predicted octanol–water partition coefficient (Wildman–Crippen LogP) is 0.222. The van der Waals surface area contributed by atoms with Crippen molar-refractivity contribution in [3.8, 4) is 0 Å². The summed E-state index contributed by atoms with van der Waals surface area (Å²) < 4.78 is 0. The molecule has 0 bridgehead atoms. The van der Waals surface area contributed by atoms with Crippen LogP contribution in [0.4, 0.5) is 0 Å². The number of rotatable bonds is 1. The van der Waals surface area contributed by atoms with Crippen molar-refractivity contribution in [2.24, 2.45) is 11.0 Å². The molecule has 0 aromatic carbocycles. The highest BCUT2D eigenvalue weighted by molar-refractivity contribution is 5.89. The quantitative estimate of drug-likeness (QED) is 0.279. The smallest absolute Gasteiger partial charge is 0.0753 e. The van der Waals surface area contributed by atoms with Crippen molar-refractivity contribution < 1.29 is 5.21 Å². The van der Waals surface area contributed by atoms with E-state index in [2.05, 4.69) is 10.6 Å². The highest BCUT2D eigenvalue weighted by atomic mass is 16.4. The third-order valence-electron chi connectivity index (χ3n) is 1.91. The Morgan fingerprint density at radius 3 is 2.90 bits per heavy atom. The predicted molar refractivity (Wildman–Crippen MR) is 38.8 cm³/mol. The number of oxime groups is 1. The summed E-state index contributed by atoms with van der Waals surface area (Å²) >= 11 is 0. The Labute approximate surface area is 60.1 Å².